The number of H-pyrrole nitrogens is 1. The molecule has 0 radical (unpaired) electrons. The van der Waals surface area contributed by atoms with Gasteiger partial charge in [0.1, 0.15) is 33.9 Å². The van der Waals surface area contributed by atoms with Crippen LogP contribution in [0.1, 0.15) is 46.0 Å². The number of hydrogen-bond donors (Lipinski definition) is 0. The molecule has 4 aromatic rings. The molecule has 0 saturated carbocycles. The Morgan fingerprint density at radius 3 is 2.25 bits per heavy atom. The maximum Gasteiger partial charge on any atom is 0.415 e. The van der Waals surface area contributed by atoms with Gasteiger partial charge in [-0.15, -0.1) is 0 Å². The van der Waals surface area contributed by atoms with E-state index in [1.807, 2.05) is 0 Å². The zero-order valence-corrected chi connectivity index (χ0v) is 29.4. The number of benzene rings is 3. The number of halogens is 4. The molecule has 1 amide bonds. The van der Waals surface area contributed by atoms with E-state index in [0.717, 1.165) is 49.0 Å². The molecular formula is C37H37Cl2F2N3O7. The molecule has 3 fully saturated rings. The Hall–Kier alpha value is -4.49. The molecule has 1 aromatic heterocycles. The zero-order chi connectivity index (χ0) is 35.4. The van der Waals surface area contributed by atoms with Crippen LogP contribution < -0.4 is 19.4 Å². The highest BCUT2D eigenvalue weighted by molar-refractivity contribution is 6.35. The van der Waals surface area contributed by atoms with E-state index in [1.165, 1.54) is 14.2 Å². The average Bonchev–Trinajstić information content (AvgIpc) is 3.13. The molecule has 2 bridgehead atoms. The summed E-state index contributed by atoms with van der Waals surface area (Å²) in [6.45, 7) is 2.39. The largest absolute Gasteiger partial charge is 0.870 e. The number of amides is 1. The minimum atomic E-state index is -0.827. The second-order valence-electron chi connectivity index (χ2n) is 12.3. The number of methoxy groups -OCH3 is 2. The molecule has 4 heterocycles. The van der Waals surface area contributed by atoms with Crippen molar-refractivity contribution < 1.29 is 47.8 Å². The Morgan fingerprint density at radius 2 is 1.63 bits per heavy atom. The molecule has 0 aliphatic carbocycles. The normalized spacial score (nSPS) is 18.3. The second kappa shape index (κ2) is 16.7. The van der Waals surface area contributed by atoms with E-state index in [2.05, 4.69) is 9.88 Å². The van der Waals surface area contributed by atoms with Crippen LogP contribution in [0.5, 0.6) is 11.5 Å². The lowest BCUT2D eigenvalue weighted by molar-refractivity contribution is -0.377. The third-order valence-corrected chi connectivity index (χ3v) is 9.89. The summed E-state index contributed by atoms with van der Waals surface area (Å²) in [5.74, 6) is -0.928. The number of nitrogens with zero attached hydrogens (tertiary/aromatic N) is 2. The van der Waals surface area contributed by atoms with Gasteiger partial charge in [-0.2, -0.15) is 0 Å². The summed E-state index contributed by atoms with van der Waals surface area (Å²) in [6.07, 6.45) is 3.22. The topological polar surface area (TPSA) is 122 Å². The number of nitrogens with one attached hydrogen (secondary N) is 1. The Labute approximate surface area is 304 Å². The number of ether oxygens (including phenoxy) is 4. The SMILES string of the molecule is COc1ccc([C@H](Cc2c(Cl)c[nH+]cc2Cl)OC(=O)c2ccc(CN(C(=O)O[C@H]3CN4CCC3CC4)c3cc(F)ccc3F)cc2)cc1OC.[OH-]. The highest BCUT2D eigenvalue weighted by atomic mass is 35.5. The van der Waals surface area contributed by atoms with E-state index in [4.69, 9.17) is 42.1 Å². The number of hydrogen-bond acceptors (Lipinski definition) is 8. The molecule has 7 rings (SSSR count). The summed E-state index contributed by atoms with van der Waals surface area (Å²) in [5, 5.41) is 0.740. The van der Waals surface area contributed by atoms with Gasteiger partial charge in [-0.05, 0) is 79.4 Å². The molecule has 2 N–H and O–H groups in total. The minimum absolute atomic E-state index is 0. The number of piperidine rings is 3. The smallest absolute Gasteiger partial charge is 0.415 e. The Balaban J connectivity index is 0.00000504. The number of pyridine rings is 1. The van der Waals surface area contributed by atoms with Crippen molar-refractivity contribution in [1.82, 2.24) is 4.90 Å². The average molecular weight is 745 g/mol. The van der Waals surface area contributed by atoms with E-state index in [9.17, 15) is 14.0 Å². The first-order chi connectivity index (χ1) is 24.1. The number of rotatable bonds is 11. The van der Waals surface area contributed by atoms with Gasteiger partial charge in [0, 0.05) is 24.6 Å². The van der Waals surface area contributed by atoms with Crippen LogP contribution in [-0.4, -0.2) is 62.4 Å². The first kappa shape index (κ1) is 37.8. The zero-order valence-electron chi connectivity index (χ0n) is 27.9. The maximum atomic E-state index is 15.0. The lowest BCUT2D eigenvalue weighted by atomic mass is 9.86. The van der Waals surface area contributed by atoms with E-state index < -0.39 is 29.8 Å². The molecular weight excluding hydrogens is 707 g/mol. The predicted octanol–water partition coefficient (Wildman–Crippen LogP) is 7.30. The summed E-state index contributed by atoms with van der Waals surface area (Å²) >= 11 is 12.9. The van der Waals surface area contributed by atoms with Crippen LogP contribution in [0.15, 0.2) is 73.1 Å². The van der Waals surface area contributed by atoms with Gasteiger partial charge in [-0.1, -0.05) is 41.4 Å². The van der Waals surface area contributed by atoms with E-state index >= 15 is 4.39 Å². The number of fused-ring (bicyclic) bond motifs is 3. The fraction of sp³-hybridized carbons (Fsp3) is 0.324. The Morgan fingerprint density at radius 1 is 0.941 bits per heavy atom. The van der Waals surface area contributed by atoms with Crippen LogP contribution in [-0.2, 0) is 22.4 Å². The first-order valence-corrected chi connectivity index (χ1v) is 16.9. The van der Waals surface area contributed by atoms with E-state index in [-0.39, 0.29) is 41.7 Å². The Kier molecular flexibility index (Phi) is 12.4. The Bertz CT molecular complexity index is 1840. The molecule has 0 unspecified atom stereocenters. The molecule has 0 spiro atoms. The van der Waals surface area contributed by atoms with E-state index in [0.29, 0.717) is 44.8 Å². The maximum absolute atomic E-state index is 15.0. The summed E-state index contributed by atoms with van der Waals surface area (Å²) in [5.41, 5.74) is 1.71. The predicted molar refractivity (Wildman–Crippen MR) is 185 cm³/mol. The van der Waals surface area contributed by atoms with Crippen LogP contribution in [0.2, 0.25) is 10.0 Å². The highest BCUT2D eigenvalue weighted by Gasteiger charge is 2.38. The van der Waals surface area contributed by atoms with Gasteiger partial charge in [-0.25, -0.2) is 23.4 Å². The summed E-state index contributed by atoms with van der Waals surface area (Å²) < 4.78 is 52.1. The third-order valence-electron chi connectivity index (χ3n) is 9.21. The van der Waals surface area contributed by atoms with Gasteiger partial charge in [0.2, 0.25) is 0 Å². The highest BCUT2D eigenvalue weighted by Crippen LogP contribution is 2.36. The van der Waals surface area contributed by atoms with Gasteiger partial charge < -0.3 is 24.4 Å². The first-order valence-electron chi connectivity index (χ1n) is 16.1. The molecule has 2 atom stereocenters. The van der Waals surface area contributed by atoms with Crippen molar-refractivity contribution in [3.8, 4) is 11.5 Å². The standard InChI is InChI=1S/C37H35Cl2F2N3O6.H2O/c1-47-32-10-7-25(15-34(32)48-2)33(17-27-28(38)18-42-19-29(27)39)49-36(45)24-5-3-22(4-6-24)20-44(31-16-26(40)8-9-30(31)41)37(46)50-35-21-43-13-11-23(35)12-14-43;/h3-10,15-16,18-19,23,33,35H,11-14,17,20-21H2,1-2H3;1H2/t33-,35-;/m0./s1. The fourth-order valence-electron chi connectivity index (χ4n) is 6.44. The fourth-order valence-corrected chi connectivity index (χ4v) is 6.97. The molecule has 3 aliphatic heterocycles. The van der Waals surface area contributed by atoms with Crippen LogP contribution in [0.4, 0.5) is 19.3 Å². The molecule has 3 saturated heterocycles. The van der Waals surface area contributed by atoms with Gasteiger partial charge >= 0.3 is 12.1 Å². The van der Waals surface area contributed by atoms with E-state index in [1.54, 1.807) is 54.9 Å². The van der Waals surface area contributed by atoms with Gasteiger partial charge in [0.15, 0.2) is 23.9 Å². The minimum Gasteiger partial charge on any atom is -0.870 e. The summed E-state index contributed by atoms with van der Waals surface area (Å²) in [4.78, 5) is 33.3. The molecule has 14 heteroatoms. The van der Waals surface area contributed by atoms with Crippen molar-refractivity contribution in [3.63, 3.8) is 0 Å². The van der Waals surface area contributed by atoms with Crippen molar-refractivity contribution in [1.29, 1.82) is 0 Å². The molecule has 51 heavy (non-hydrogen) atoms. The number of anilines is 1. The molecule has 270 valence electrons. The van der Waals surface area contributed by atoms with Crippen LogP contribution in [0.25, 0.3) is 0 Å². The van der Waals surface area contributed by atoms with Crippen LogP contribution >= 0.6 is 23.2 Å². The lowest BCUT2D eigenvalue weighted by Crippen LogP contribution is -2.53. The second-order valence-corrected chi connectivity index (χ2v) is 13.1. The quantitative estimate of drug-likeness (QED) is 0.147. The lowest BCUT2D eigenvalue weighted by Gasteiger charge is -2.44. The van der Waals surface area contributed by atoms with Crippen LogP contribution in [0.3, 0.4) is 0 Å². The molecule has 3 aromatic carbocycles. The summed E-state index contributed by atoms with van der Waals surface area (Å²) in [6, 6.07) is 14.4. The van der Waals surface area contributed by atoms with Crippen molar-refractivity contribution in [2.45, 2.75) is 38.0 Å². The van der Waals surface area contributed by atoms with Crippen molar-refractivity contribution in [2.24, 2.45) is 5.92 Å². The van der Waals surface area contributed by atoms with Gasteiger partial charge in [-0.3, -0.25) is 9.80 Å². The van der Waals surface area contributed by atoms with Gasteiger partial charge in [0.25, 0.3) is 0 Å². The number of carbonyl (C=O) groups excluding carboxylic acids is 2. The number of esters is 1. The van der Waals surface area contributed by atoms with Crippen molar-refractivity contribution in [3.05, 3.63) is 117 Å². The third kappa shape index (κ3) is 8.70. The summed E-state index contributed by atoms with van der Waals surface area (Å²) in [7, 11) is 3.03. The molecule has 3 aliphatic rings. The monoisotopic (exact) mass is 743 g/mol. The molecule has 10 nitrogen and oxygen atoms in total. The van der Waals surface area contributed by atoms with Gasteiger partial charge in [0.05, 0.1) is 32.0 Å². The number of aromatic amines is 1. The number of carbonyl (C=O) groups is 2. The van der Waals surface area contributed by atoms with Crippen LogP contribution in [0, 0.1) is 17.6 Å². The number of aromatic nitrogens is 1. The van der Waals surface area contributed by atoms with Crippen molar-refractivity contribution >= 4 is 41.0 Å². The van der Waals surface area contributed by atoms with Crippen molar-refractivity contribution in [2.75, 3.05) is 38.8 Å².